The molecule has 1 unspecified atom stereocenters. The summed E-state index contributed by atoms with van der Waals surface area (Å²) in [6.07, 6.45) is 0.348. The molecule has 0 saturated heterocycles. The van der Waals surface area contributed by atoms with Gasteiger partial charge in [0.1, 0.15) is 0 Å². The second kappa shape index (κ2) is 7.98. The molecule has 0 bridgehead atoms. The third-order valence-electron chi connectivity index (χ3n) is 2.23. The van der Waals surface area contributed by atoms with E-state index in [9.17, 15) is 30.0 Å². The number of alkyl halides is 3. The summed E-state index contributed by atoms with van der Waals surface area (Å²) < 4.78 is 90.8. The molecule has 124 valence electrons. The number of unbranched alkanes of at least 4 members (excludes halogenated alkanes) is 1. The summed E-state index contributed by atoms with van der Waals surface area (Å²) in [4.78, 5) is 0. The highest BCUT2D eigenvalue weighted by Crippen LogP contribution is 2.24. The average Bonchev–Trinajstić information content (AvgIpc) is 2.24. The fourth-order valence-corrected chi connectivity index (χ4v) is 2.61. The largest absolute Gasteiger partial charge is 0.523 e. The van der Waals surface area contributed by atoms with E-state index in [-0.39, 0.29) is 19.3 Å². The quantitative estimate of drug-likeness (QED) is 0.234. The van der Waals surface area contributed by atoms with Crippen LogP contribution in [0.1, 0.15) is 26.2 Å². The molecule has 0 radical (unpaired) electrons. The first-order valence-corrected chi connectivity index (χ1v) is 8.74. The van der Waals surface area contributed by atoms with Crippen LogP contribution in [0.4, 0.5) is 13.2 Å². The first-order valence-electron chi connectivity index (χ1n) is 5.72. The zero-order chi connectivity index (χ0) is 16.7. The zero-order valence-electron chi connectivity index (χ0n) is 11.1. The molecule has 0 rings (SSSR count). The Hall–Kier alpha value is -0.830. The maximum Gasteiger partial charge on any atom is 0.523 e. The summed E-state index contributed by atoms with van der Waals surface area (Å²) in [5, 5.41) is 0. The van der Waals surface area contributed by atoms with E-state index in [1.807, 2.05) is 0 Å². The van der Waals surface area contributed by atoms with Crippen molar-refractivity contribution in [1.82, 2.24) is 0 Å². The standard InChI is InChI=1S/C10H15F3O6S2/c1-2-5-9(8-20(14,15)16)6-3-4-7-19-21(17,18)10(11,12)13/h9H,3-4,6-8H2,1H3,(H,14,15,16). The van der Waals surface area contributed by atoms with Crippen molar-refractivity contribution < 1.29 is 38.7 Å². The van der Waals surface area contributed by atoms with Gasteiger partial charge in [-0.2, -0.15) is 30.0 Å². The molecular weight excluding hydrogens is 337 g/mol. The summed E-state index contributed by atoms with van der Waals surface area (Å²) in [5.74, 6) is 3.75. The van der Waals surface area contributed by atoms with Gasteiger partial charge < -0.3 is 0 Å². The topological polar surface area (TPSA) is 97.7 Å². The highest BCUT2D eigenvalue weighted by atomic mass is 32.2. The van der Waals surface area contributed by atoms with Crippen LogP contribution in [0.5, 0.6) is 0 Å². The van der Waals surface area contributed by atoms with Crippen LogP contribution in [0.2, 0.25) is 0 Å². The summed E-state index contributed by atoms with van der Waals surface area (Å²) in [7, 11) is -9.81. The Bertz CT molecular complexity index is 583. The van der Waals surface area contributed by atoms with Crippen molar-refractivity contribution >= 4 is 20.2 Å². The summed E-state index contributed by atoms with van der Waals surface area (Å²) >= 11 is 0. The normalized spacial score (nSPS) is 14.3. The van der Waals surface area contributed by atoms with Gasteiger partial charge in [-0.15, -0.1) is 5.92 Å². The second-order valence-corrected chi connectivity index (χ2v) is 7.16. The number of hydrogen-bond acceptors (Lipinski definition) is 5. The van der Waals surface area contributed by atoms with Crippen LogP contribution in [-0.4, -0.2) is 39.3 Å². The average molecular weight is 352 g/mol. The monoisotopic (exact) mass is 352 g/mol. The molecule has 0 saturated carbocycles. The van der Waals surface area contributed by atoms with E-state index in [0.29, 0.717) is 0 Å². The van der Waals surface area contributed by atoms with Crippen molar-refractivity contribution in [1.29, 1.82) is 0 Å². The van der Waals surface area contributed by atoms with Gasteiger partial charge in [0.15, 0.2) is 0 Å². The van der Waals surface area contributed by atoms with Gasteiger partial charge in [0.05, 0.1) is 12.4 Å². The second-order valence-electron chi connectivity index (χ2n) is 4.06. The van der Waals surface area contributed by atoms with Crippen LogP contribution >= 0.6 is 0 Å². The van der Waals surface area contributed by atoms with Gasteiger partial charge in [-0.1, -0.05) is 5.92 Å². The smallest absolute Gasteiger partial charge is 0.286 e. The predicted molar refractivity (Wildman–Crippen MR) is 68.1 cm³/mol. The Kier molecular flexibility index (Phi) is 7.66. The molecule has 11 heteroatoms. The third-order valence-corrected chi connectivity index (χ3v) is 4.10. The lowest BCUT2D eigenvalue weighted by Crippen LogP contribution is -2.25. The summed E-state index contributed by atoms with van der Waals surface area (Å²) in [5.41, 5.74) is -5.46. The molecule has 0 amide bonds. The van der Waals surface area contributed by atoms with E-state index in [0.717, 1.165) is 0 Å². The highest BCUT2D eigenvalue weighted by molar-refractivity contribution is 7.87. The van der Waals surface area contributed by atoms with Crippen molar-refractivity contribution in [2.45, 2.75) is 31.7 Å². The van der Waals surface area contributed by atoms with Crippen LogP contribution in [0, 0.1) is 17.8 Å². The molecule has 0 aliphatic rings. The minimum absolute atomic E-state index is 0.0251. The molecule has 6 nitrogen and oxygen atoms in total. The van der Waals surface area contributed by atoms with Crippen LogP contribution in [0.25, 0.3) is 0 Å². The first kappa shape index (κ1) is 20.2. The molecule has 0 spiro atoms. The lowest BCUT2D eigenvalue weighted by molar-refractivity contribution is -0.0543. The van der Waals surface area contributed by atoms with Crippen LogP contribution in [0.3, 0.4) is 0 Å². The van der Waals surface area contributed by atoms with Gasteiger partial charge in [0.2, 0.25) is 0 Å². The van der Waals surface area contributed by atoms with Gasteiger partial charge in [0, 0.05) is 5.92 Å². The molecule has 0 aromatic rings. The Balaban J connectivity index is 4.22. The number of hydrogen-bond donors (Lipinski definition) is 1. The van der Waals surface area contributed by atoms with Gasteiger partial charge in [-0.05, 0) is 26.2 Å². The van der Waals surface area contributed by atoms with Crippen molar-refractivity contribution in [2.75, 3.05) is 12.4 Å². The molecule has 0 aromatic heterocycles. The van der Waals surface area contributed by atoms with Crippen LogP contribution < -0.4 is 0 Å². The molecule has 0 fully saturated rings. The van der Waals surface area contributed by atoms with Gasteiger partial charge in [0.25, 0.3) is 10.1 Å². The molecule has 21 heavy (non-hydrogen) atoms. The maximum absolute atomic E-state index is 11.9. The minimum atomic E-state index is -5.60. The molecular formula is C10H15F3O6S2. The Morgan fingerprint density at radius 3 is 2.19 bits per heavy atom. The fourth-order valence-electron chi connectivity index (χ4n) is 1.38. The van der Waals surface area contributed by atoms with E-state index < -0.39 is 44.0 Å². The van der Waals surface area contributed by atoms with Crippen molar-refractivity contribution in [2.24, 2.45) is 5.92 Å². The maximum atomic E-state index is 11.9. The Morgan fingerprint density at radius 1 is 1.19 bits per heavy atom. The molecule has 0 aliphatic heterocycles. The predicted octanol–water partition coefficient (Wildman–Crippen LogP) is 1.55. The van der Waals surface area contributed by atoms with E-state index in [1.165, 1.54) is 6.92 Å². The Labute approximate surface area is 121 Å². The summed E-state index contributed by atoms with van der Waals surface area (Å²) in [6, 6.07) is 0. The lowest BCUT2D eigenvalue weighted by Gasteiger charge is -2.10. The Morgan fingerprint density at radius 2 is 1.76 bits per heavy atom. The number of rotatable bonds is 8. The molecule has 0 aliphatic carbocycles. The number of halogens is 3. The zero-order valence-corrected chi connectivity index (χ0v) is 12.7. The SMILES string of the molecule is CC#CC(CCCCOS(=O)(=O)C(F)(F)F)CS(=O)(=O)O. The van der Waals surface area contributed by atoms with Crippen molar-refractivity contribution in [3.05, 3.63) is 0 Å². The van der Waals surface area contributed by atoms with E-state index in [1.54, 1.807) is 0 Å². The van der Waals surface area contributed by atoms with Crippen molar-refractivity contribution in [3.63, 3.8) is 0 Å². The summed E-state index contributed by atoms with van der Waals surface area (Å²) in [6.45, 7) is 0.802. The van der Waals surface area contributed by atoms with Crippen LogP contribution in [-0.2, 0) is 24.4 Å². The fraction of sp³-hybridized carbons (Fsp3) is 0.800. The first-order chi connectivity index (χ1) is 9.39. The lowest BCUT2D eigenvalue weighted by atomic mass is 10.1. The van der Waals surface area contributed by atoms with Crippen molar-refractivity contribution in [3.8, 4) is 11.8 Å². The van der Waals surface area contributed by atoms with Crippen LogP contribution in [0.15, 0.2) is 0 Å². The van der Waals surface area contributed by atoms with E-state index >= 15 is 0 Å². The molecule has 1 atom stereocenters. The minimum Gasteiger partial charge on any atom is -0.286 e. The van der Waals surface area contributed by atoms with E-state index in [2.05, 4.69) is 16.0 Å². The van der Waals surface area contributed by atoms with E-state index in [4.69, 9.17) is 4.55 Å². The molecule has 0 heterocycles. The molecule has 1 N–H and O–H groups in total. The van der Waals surface area contributed by atoms with Gasteiger partial charge in [-0.25, -0.2) is 0 Å². The van der Waals surface area contributed by atoms with Gasteiger partial charge in [-0.3, -0.25) is 8.74 Å². The molecule has 0 aromatic carbocycles. The van der Waals surface area contributed by atoms with Gasteiger partial charge >= 0.3 is 15.6 Å². The highest BCUT2D eigenvalue weighted by Gasteiger charge is 2.47. The third kappa shape index (κ3) is 8.92.